The monoisotopic (exact) mass is 237 g/mol. The average molecular weight is 237 g/mol. The maximum atomic E-state index is 5.63. The molecule has 0 bridgehead atoms. The van der Waals surface area contributed by atoms with Crippen LogP contribution in [0.1, 0.15) is 18.1 Å². The second-order valence-electron chi connectivity index (χ2n) is 4.51. The van der Waals surface area contributed by atoms with Gasteiger partial charge in [-0.25, -0.2) is 4.99 Å². The number of rotatable bonds is 2. The number of hydrogen-bond donors (Lipinski definition) is 0. The van der Waals surface area contributed by atoms with Crippen molar-refractivity contribution in [2.75, 3.05) is 6.61 Å². The zero-order chi connectivity index (χ0) is 12.4. The number of benzene rings is 2. The number of nitrogens with zero attached hydrogens (tertiary/aromatic N) is 1. The molecule has 0 unspecified atom stereocenters. The van der Waals surface area contributed by atoms with E-state index in [0.29, 0.717) is 6.61 Å². The van der Waals surface area contributed by atoms with Crippen LogP contribution in [-0.4, -0.2) is 12.5 Å². The molecule has 0 N–H and O–H groups in total. The van der Waals surface area contributed by atoms with Crippen LogP contribution < -0.4 is 0 Å². The molecule has 0 atom stereocenters. The molecule has 0 amide bonds. The molecule has 0 saturated heterocycles. The van der Waals surface area contributed by atoms with Crippen LogP contribution in [0.5, 0.6) is 0 Å². The highest BCUT2D eigenvalue weighted by molar-refractivity contribution is 5.76. The van der Waals surface area contributed by atoms with E-state index in [4.69, 9.17) is 9.73 Å². The summed E-state index contributed by atoms with van der Waals surface area (Å²) in [6, 6.07) is 20.7. The van der Waals surface area contributed by atoms with Crippen LogP contribution in [0.2, 0.25) is 0 Å². The van der Waals surface area contributed by atoms with Gasteiger partial charge in [-0.1, -0.05) is 60.7 Å². The van der Waals surface area contributed by atoms with E-state index in [0.717, 1.165) is 5.90 Å². The molecule has 18 heavy (non-hydrogen) atoms. The van der Waals surface area contributed by atoms with Gasteiger partial charge in [-0.05, 0) is 11.1 Å². The minimum atomic E-state index is -0.382. The Balaban J connectivity index is 2.18. The summed E-state index contributed by atoms with van der Waals surface area (Å²) in [4.78, 5) is 4.75. The molecule has 0 saturated carbocycles. The molecule has 0 fully saturated rings. The van der Waals surface area contributed by atoms with E-state index in [9.17, 15) is 0 Å². The Labute approximate surface area is 107 Å². The molecule has 3 rings (SSSR count). The van der Waals surface area contributed by atoms with Gasteiger partial charge in [0.1, 0.15) is 12.1 Å². The predicted octanol–water partition coefficient (Wildman–Crippen LogP) is 3.38. The second kappa shape index (κ2) is 4.30. The third-order valence-corrected chi connectivity index (χ3v) is 3.34. The molecule has 1 heterocycles. The van der Waals surface area contributed by atoms with Crippen LogP contribution in [0, 0.1) is 0 Å². The molecular weight excluding hydrogens is 222 g/mol. The van der Waals surface area contributed by atoms with Crippen LogP contribution in [0.3, 0.4) is 0 Å². The molecule has 2 aromatic rings. The first-order valence-electron chi connectivity index (χ1n) is 6.11. The van der Waals surface area contributed by atoms with E-state index in [1.807, 2.05) is 43.3 Å². The van der Waals surface area contributed by atoms with Gasteiger partial charge in [0.25, 0.3) is 0 Å². The summed E-state index contributed by atoms with van der Waals surface area (Å²) in [5, 5.41) is 0. The highest BCUT2D eigenvalue weighted by Crippen LogP contribution is 2.37. The van der Waals surface area contributed by atoms with Crippen molar-refractivity contribution in [3.8, 4) is 0 Å². The van der Waals surface area contributed by atoms with Crippen molar-refractivity contribution in [2.45, 2.75) is 12.5 Å². The lowest BCUT2D eigenvalue weighted by atomic mass is 9.84. The van der Waals surface area contributed by atoms with Gasteiger partial charge in [-0.2, -0.15) is 0 Å². The first-order chi connectivity index (χ1) is 8.81. The fourth-order valence-electron chi connectivity index (χ4n) is 2.43. The van der Waals surface area contributed by atoms with Crippen LogP contribution in [0.4, 0.5) is 0 Å². The molecule has 90 valence electrons. The van der Waals surface area contributed by atoms with Crippen molar-refractivity contribution >= 4 is 5.90 Å². The maximum absolute atomic E-state index is 5.63. The Morgan fingerprint density at radius 2 is 1.39 bits per heavy atom. The second-order valence-corrected chi connectivity index (χ2v) is 4.51. The lowest BCUT2D eigenvalue weighted by Gasteiger charge is -2.25. The van der Waals surface area contributed by atoms with Crippen molar-refractivity contribution in [1.29, 1.82) is 0 Å². The summed E-state index contributed by atoms with van der Waals surface area (Å²) < 4.78 is 5.63. The number of aliphatic imine (C=N–C) groups is 1. The molecule has 2 heteroatoms. The summed E-state index contributed by atoms with van der Waals surface area (Å²) in [6.45, 7) is 2.49. The summed E-state index contributed by atoms with van der Waals surface area (Å²) >= 11 is 0. The zero-order valence-electron chi connectivity index (χ0n) is 10.3. The normalized spacial score (nSPS) is 17.1. The minimum absolute atomic E-state index is 0.382. The highest BCUT2D eigenvalue weighted by Gasteiger charge is 2.38. The average Bonchev–Trinajstić information content (AvgIpc) is 2.84. The van der Waals surface area contributed by atoms with Gasteiger partial charge in [0.2, 0.25) is 0 Å². The van der Waals surface area contributed by atoms with E-state index in [1.165, 1.54) is 11.1 Å². The minimum Gasteiger partial charge on any atom is -0.478 e. The van der Waals surface area contributed by atoms with Crippen LogP contribution in [-0.2, 0) is 10.3 Å². The van der Waals surface area contributed by atoms with Gasteiger partial charge >= 0.3 is 0 Å². The summed E-state index contributed by atoms with van der Waals surface area (Å²) in [7, 11) is 0. The Morgan fingerprint density at radius 3 is 1.78 bits per heavy atom. The van der Waals surface area contributed by atoms with Gasteiger partial charge in [0.15, 0.2) is 5.90 Å². The Kier molecular flexibility index (Phi) is 2.63. The lowest BCUT2D eigenvalue weighted by Crippen LogP contribution is -2.26. The van der Waals surface area contributed by atoms with Gasteiger partial charge in [-0.3, -0.25) is 0 Å². The molecule has 2 nitrogen and oxygen atoms in total. The molecule has 1 aliphatic heterocycles. The van der Waals surface area contributed by atoms with Crippen molar-refractivity contribution in [3.63, 3.8) is 0 Å². The fraction of sp³-hybridized carbons (Fsp3) is 0.188. The standard InChI is InChI=1S/C16H15NO/c1-13-17-16(12-18-13,14-8-4-2-5-9-14)15-10-6-3-7-11-15/h2-11H,12H2,1H3. The Hall–Kier alpha value is -2.09. The van der Waals surface area contributed by atoms with Crippen molar-refractivity contribution in [3.05, 3.63) is 71.8 Å². The molecule has 0 radical (unpaired) electrons. The molecule has 2 aromatic carbocycles. The van der Waals surface area contributed by atoms with Gasteiger partial charge in [0, 0.05) is 6.92 Å². The predicted molar refractivity (Wildman–Crippen MR) is 72.7 cm³/mol. The van der Waals surface area contributed by atoms with Gasteiger partial charge in [0.05, 0.1) is 0 Å². The van der Waals surface area contributed by atoms with Crippen molar-refractivity contribution in [1.82, 2.24) is 0 Å². The molecule has 1 aliphatic rings. The number of ether oxygens (including phenoxy) is 1. The Bertz CT molecular complexity index is 521. The Morgan fingerprint density at radius 1 is 0.889 bits per heavy atom. The smallest absolute Gasteiger partial charge is 0.181 e. The highest BCUT2D eigenvalue weighted by atomic mass is 16.5. The van der Waals surface area contributed by atoms with E-state index in [1.54, 1.807) is 0 Å². The van der Waals surface area contributed by atoms with Gasteiger partial charge in [-0.15, -0.1) is 0 Å². The van der Waals surface area contributed by atoms with E-state index in [-0.39, 0.29) is 5.54 Å². The zero-order valence-corrected chi connectivity index (χ0v) is 10.3. The van der Waals surface area contributed by atoms with Gasteiger partial charge < -0.3 is 4.74 Å². The fourth-order valence-corrected chi connectivity index (χ4v) is 2.43. The number of hydrogen-bond acceptors (Lipinski definition) is 2. The van der Waals surface area contributed by atoms with Crippen LogP contribution in [0.15, 0.2) is 65.7 Å². The molecule has 0 aromatic heterocycles. The summed E-state index contributed by atoms with van der Waals surface area (Å²) in [5.74, 6) is 0.753. The third-order valence-electron chi connectivity index (χ3n) is 3.34. The molecular formula is C16H15NO. The summed E-state index contributed by atoms with van der Waals surface area (Å²) in [6.07, 6.45) is 0. The summed E-state index contributed by atoms with van der Waals surface area (Å²) in [5.41, 5.74) is 1.97. The first kappa shape index (κ1) is 11.0. The van der Waals surface area contributed by atoms with Crippen LogP contribution in [0.25, 0.3) is 0 Å². The third kappa shape index (κ3) is 1.70. The van der Waals surface area contributed by atoms with E-state index < -0.39 is 0 Å². The molecule has 0 spiro atoms. The largest absolute Gasteiger partial charge is 0.478 e. The van der Waals surface area contributed by atoms with E-state index in [2.05, 4.69) is 24.3 Å². The van der Waals surface area contributed by atoms with Crippen LogP contribution >= 0.6 is 0 Å². The molecule has 0 aliphatic carbocycles. The van der Waals surface area contributed by atoms with E-state index >= 15 is 0 Å². The topological polar surface area (TPSA) is 21.6 Å². The maximum Gasteiger partial charge on any atom is 0.181 e. The SMILES string of the molecule is CC1=NC(c2ccccc2)(c2ccccc2)CO1. The first-order valence-corrected chi connectivity index (χ1v) is 6.11. The van der Waals surface area contributed by atoms with Crippen molar-refractivity contribution in [2.24, 2.45) is 4.99 Å². The lowest BCUT2D eigenvalue weighted by molar-refractivity contribution is 0.280. The van der Waals surface area contributed by atoms with Crippen molar-refractivity contribution < 1.29 is 4.74 Å². The quantitative estimate of drug-likeness (QED) is 0.784.